The number of hydrogen-bond acceptors (Lipinski definition) is 5. The van der Waals surface area contributed by atoms with Crippen molar-refractivity contribution >= 4 is 5.82 Å². The molecule has 2 rings (SSSR count). The van der Waals surface area contributed by atoms with Crippen LogP contribution in [0.5, 0.6) is 5.88 Å². The van der Waals surface area contributed by atoms with Crippen LogP contribution in [0.3, 0.4) is 0 Å². The molecule has 0 aliphatic heterocycles. The van der Waals surface area contributed by atoms with Gasteiger partial charge in [0.25, 0.3) is 0 Å². The maximum absolute atomic E-state index is 5.59. The highest BCUT2D eigenvalue weighted by Gasteiger charge is 2.05. The first-order chi connectivity index (χ1) is 7.70. The topological polar surface area (TPSA) is 73.9 Å². The molecule has 0 saturated heterocycles. The summed E-state index contributed by atoms with van der Waals surface area (Å²) in [5, 5.41) is 0. The second kappa shape index (κ2) is 4.14. The number of aromatic nitrogens is 3. The molecule has 0 spiro atoms. The normalized spacial score (nSPS) is 10.1. The molecule has 0 radical (unpaired) electrons. The lowest BCUT2D eigenvalue weighted by atomic mass is 10.1. The molecule has 0 amide bonds. The number of hydrogen-bond donors (Lipinski definition) is 1. The number of anilines is 1. The van der Waals surface area contributed by atoms with Crippen molar-refractivity contribution in [1.29, 1.82) is 0 Å². The number of aryl methyl sites for hydroxylation is 1. The van der Waals surface area contributed by atoms with Crippen LogP contribution in [-0.2, 0) is 0 Å². The van der Waals surface area contributed by atoms with Crippen molar-refractivity contribution in [2.24, 2.45) is 0 Å². The van der Waals surface area contributed by atoms with Crippen molar-refractivity contribution in [1.82, 2.24) is 15.0 Å². The highest BCUT2D eigenvalue weighted by molar-refractivity contribution is 5.61. The Morgan fingerprint density at radius 1 is 1.19 bits per heavy atom. The van der Waals surface area contributed by atoms with Gasteiger partial charge in [-0.15, -0.1) is 0 Å². The van der Waals surface area contributed by atoms with Gasteiger partial charge in [-0.2, -0.15) is 0 Å². The van der Waals surface area contributed by atoms with E-state index in [1.54, 1.807) is 19.4 Å². The molecule has 2 heterocycles. The fourth-order valence-corrected chi connectivity index (χ4v) is 1.45. The maximum atomic E-state index is 5.59. The fourth-order valence-electron chi connectivity index (χ4n) is 1.45. The van der Waals surface area contributed by atoms with E-state index in [1.807, 2.05) is 13.0 Å². The number of methoxy groups -OCH3 is 1. The average molecular weight is 216 g/mol. The van der Waals surface area contributed by atoms with Gasteiger partial charge in [-0.1, -0.05) is 0 Å². The van der Waals surface area contributed by atoms with E-state index in [2.05, 4.69) is 15.0 Å². The lowest BCUT2D eigenvalue weighted by Gasteiger charge is -2.05. The Hall–Kier alpha value is -2.17. The van der Waals surface area contributed by atoms with E-state index in [1.165, 1.54) is 6.33 Å². The third-order valence-corrected chi connectivity index (χ3v) is 2.21. The summed E-state index contributed by atoms with van der Waals surface area (Å²) in [6.45, 7) is 1.93. The predicted molar refractivity (Wildman–Crippen MR) is 61.0 cm³/mol. The van der Waals surface area contributed by atoms with Gasteiger partial charge in [0.05, 0.1) is 12.8 Å². The minimum atomic E-state index is 0.443. The minimum Gasteiger partial charge on any atom is -0.481 e. The summed E-state index contributed by atoms with van der Waals surface area (Å²) in [7, 11) is 1.59. The van der Waals surface area contributed by atoms with Crippen molar-refractivity contribution in [2.45, 2.75) is 6.92 Å². The van der Waals surface area contributed by atoms with Gasteiger partial charge in [0.2, 0.25) is 5.88 Å². The molecule has 5 nitrogen and oxygen atoms in total. The molecule has 0 bridgehead atoms. The minimum absolute atomic E-state index is 0.443. The Bertz CT molecular complexity index is 513. The van der Waals surface area contributed by atoms with E-state index in [9.17, 15) is 0 Å². The first-order valence-corrected chi connectivity index (χ1v) is 4.79. The number of rotatable bonds is 2. The first-order valence-electron chi connectivity index (χ1n) is 4.79. The highest BCUT2D eigenvalue weighted by Crippen LogP contribution is 2.22. The van der Waals surface area contributed by atoms with Crippen LogP contribution < -0.4 is 10.5 Å². The summed E-state index contributed by atoms with van der Waals surface area (Å²) in [4.78, 5) is 12.2. The smallest absolute Gasteiger partial charge is 0.215 e. The zero-order valence-electron chi connectivity index (χ0n) is 9.14. The summed E-state index contributed by atoms with van der Waals surface area (Å²) < 4.78 is 5.09. The Kier molecular flexibility index (Phi) is 2.68. The van der Waals surface area contributed by atoms with Gasteiger partial charge >= 0.3 is 0 Å². The van der Waals surface area contributed by atoms with Crippen LogP contribution in [0.25, 0.3) is 11.3 Å². The van der Waals surface area contributed by atoms with Crippen LogP contribution in [0.15, 0.2) is 24.7 Å². The van der Waals surface area contributed by atoms with Gasteiger partial charge in [0, 0.05) is 23.4 Å². The van der Waals surface area contributed by atoms with Gasteiger partial charge in [0.1, 0.15) is 12.1 Å². The zero-order valence-corrected chi connectivity index (χ0v) is 9.14. The molecule has 2 aromatic rings. The quantitative estimate of drug-likeness (QED) is 0.822. The Morgan fingerprint density at radius 3 is 2.62 bits per heavy atom. The molecule has 5 heteroatoms. The third kappa shape index (κ3) is 1.93. The Morgan fingerprint density at radius 2 is 2.00 bits per heavy atom. The summed E-state index contributed by atoms with van der Waals surface area (Å²) in [6, 6.07) is 3.66. The van der Waals surface area contributed by atoms with Crippen molar-refractivity contribution in [3.63, 3.8) is 0 Å². The van der Waals surface area contributed by atoms with Gasteiger partial charge in [-0.25, -0.2) is 15.0 Å². The SMILES string of the molecule is COc1ncc(-c2cc(N)ncn2)cc1C. The Labute approximate surface area is 93.3 Å². The molecule has 2 aromatic heterocycles. The van der Waals surface area contributed by atoms with E-state index in [0.717, 1.165) is 16.8 Å². The lowest BCUT2D eigenvalue weighted by molar-refractivity contribution is 0.394. The lowest BCUT2D eigenvalue weighted by Crippen LogP contribution is -1.95. The molecule has 16 heavy (non-hydrogen) atoms. The van der Waals surface area contributed by atoms with Crippen LogP contribution >= 0.6 is 0 Å². The average Bonchev–Trinajstić information content (AvgIpc) is 2.29. The monoisotopic (exact) mass is 216 g/mol. The molecule has 0 aliphatic carbocycles. The van der Waals surface area contributed by atoms with E-state index in [0.29, 0.717) is 11.7 Å². The van der Waals surface area contributed by atoms with Crippen molar-refractivity contribution < 1.29 is 4.74 Å². The van der Waals surface area contributed by atoms with E-state index < -0.39 is 0 Å². The molecule has 0 unspecified atom stereocenters. The molecule has 0 fully saturated rings. The van der Waals surface area contributed by atoms with E-state index >= 15 is 0 Å². The summed E-state index contributed by atoms with van der Waals surface area (Å²) in [5.74, 6) is 1.06. The fraction of sp³-hybridized carbons (Fsp3) is 0.182. The molecular weight excluding hydrogens is 204 g/mol. The highest BCUT2D eigenvalue weighted by atomic mass is 16.5. The van der Waals surface area contributed by atoms with Gasteiger partial charge < -0.3 is 10.5 Å². The van der Waals surface area contributed by atoms with Gasteiger partial charge in [-0.3, -0.25) is 0 Å². The maximum Gasteiger partial charge on any atom is 0.215 e. The summed E-state index contributed by atoms with van der Waals surface area (Å²) in [6.07, 6.45) is 3.14. The Balaban J connectivity index is 2.45. The van der Waals surface area contributed by atoms with Crippen LogP contribution in [-0.4, -0.2) is 22.1 Å². The van der Waals surface area contributed by atoms with E-state index in [-0.39, 0.29) is 0 Å². The standard InChI is InChI=1S/C11H12N4O/c1-7-3-8(5-13-11(7)16-2)9-4-10(12)15-6-14-9/h3-6H,1-2H3,(H2,12,14,15). The molecular formula is C11H12N4O. The number of nitrogen functional groups attached to an aromatic ring is 1. The largest absolute Gasteiger partial charge is 0.481 e. The van der Waals surface area contributed by atoms with Crippen LogP contribution in [0.4, 0.5) is 5.82 Å². The predicted octanol–water partition coefficient (Wildman–Crippen LogP) is 1.44. The van der Waals surface area contributed by atoms with Crippen molar-refractivity contribution in [2.75, 3.05) is 12.8 Å². The molecule has 82 valence electrons. The summed E-state index contributed by atoms with van der Waals surface area (Å²) >= 11 is 0. The molecule has 0 saturated carbocycles. The van der Waals surface area contributed by atoms with Gasteiger partial charge in [-0.05, 0) is 13.0 Å². The third-order valence-electron chi connectivity index (χ3n) is 2.21. The van der Waals surface area contributed by atoms with Crippen LogP contribution in [0.2, 0.25) is 0 Å². The van der Waals surface area contributed by atoms with Crippen molar-refractivity contribution in [3.05, 3.63) is 30.2 Å². The zero-order chi connectivity index (χ0) is 11.5. The molecule has 2 N–H and O–H groups in total. The molecule has 0 atom stereocenters. The number of nitrogens with zero attached hydrogens (tertiary/aromatic N) is 3. The van der Waals surface area contributed by atoms with Crippen molar-refractivity contribution in [3.8, 4) is 17.1 Å². The van der Waals surface area contributed by atoms with Gasteiger partial charge in [0.15, 0.2) is 0 Å². The number of pyridine rings is 1. The second-order valence-electron chi connectivity index (χ2n) is 3.38. The molecule has 0 aliphatic rings. The first kappa shape index (κ1) is 10.4. The van der Waals surface area contributed by atoms with Crippen LogP contribution in [0.1, 0.15) is 5.56 Å². The number of ether oxygens (including phenoxy) is 1. The van der Waals surface area contributed by atoms with Crippen LogP contribution in [0, 0.1) is 6.92 Å². The van der Waals surface area contributed by atoms with E-state index in [4.69, 9.17) is 10.5 Å². The number of nitrogens with two attached hydrogens (primary N) is 1. The second-order valence-corrected chi connectivity index (χ2v) is 3.38. The summed E-state index contributed by atoms with van der Waals surface area (Å²) in [5.41, 5.74) is 8.20. The molecule has 0 aromatic carbocycles.